The van der Waals surface area contributed by atoms with E-state index >= 15 is 0 Å². The molecule has 10 heteroatoms. The van der Waals surface area contributed by atoms with Crippen LogP contribution in [0, 0.1) is 5.92 Å². The van der Waals surface area contributed by atoms with Crippen molar-refractivity contribution >= 4 is 17.7 Å². The maximum atomic E-state index is 13.3. The fourth-order valence-corrected chi connectivity index (χ4v) is 3.93. The molecule has 0 aromatic heterocycles. The quantitative estimate of drug-likeness (QED) is 0.538. The number of nitrogens with one attached hydrogen (secondary N) is 2. The van der Waals surface area contributed by atoms with Gasteiger partial charge in [-0.25, -0.2) is 0 Å². The maximum Gasteiger partial charge on any atom is 0.252 e. The monoisotopic (exact) mass is 492 g/mol. The molecule has 0 aliphatic carbocycles. The van der Waals surface area contributed by atoms with Gasteiger partial charge in [0, 0.05) is 37.3 Å². The van der Waals surface area contributed by atoms with Crippen LogP contribution >= 0.6 is 0 Å². The van der Waals surface area contributed by atoms with Crippen LogP contribution in [0.5, 0.6) is 17.2 Å². The molecule has 0 unspecified atom stereocenters. The maximum absolute atomic E-state index is 13.3. The third-order valence-corrected chi connectivity index (χ3v) is 5.71. The van der Waals surface area contributed by atoms with Gasteiger partial charge in [-0.3, -0.25) is 19.3 Å². The van der Waals surface area contributed by atoms with Gasteiger partial charge in [-0.15, -0.1) is 0 Å². The number of methoxy groups -OCH3 is 3. The highest BCUT2D eigenvalue weighted by Gasteiger charge is 2.32. The van der Waals surface area contributed by atoms with Crippen molar-refractivity contribution in [3.8, 4) is 17.2 Å². The second-order valence-electron chi connectivity index (χ2n) is 10.0. The van der Waals surface area contributed by atoms with Gasteiger partial charge in [-0.2, -0.15) is 0 Å². The Morgan fingerprint density at radius 3 is 1.91 bits per heavy atom. The van der Waals surface area contributed by atoms with Crippen LogP contribution in [0.15, 0.2) is 12.1 Å². The number of amides is 3. The van der Waals surface area contributed by atoms with E-state index in [0.717, 1.165) is 0 Å². The molecule has 0 radical (unpaired) electrons. The lowest BCUT2D eigenvalue weighted by molar-refractivity contribution is -0.136. The van der Waals surface area contributed by atoms with Crippen molar-refractivity contribution in [1.29, 1.82) is 0 Å². The van der Waals surface area contributed by atoms with Crippen LogP contribution < -0.4 is 24.8 Å². The van der Waals surface area contributed by atoms with Crippen LogP contribution in [0.1, 0.15) is 45.0 Å². The molecule has 3 amide bonds. The van der Waals surface area contributed by atoms with Crippen molar-refractivity contribution in [1.82, 2.24) is 20.4 Å². The van der Waals surface area contributed by atoms with Crippen LogP contribution in [-0.2, 0) is 9.59 Å². The van der Waals surface area contributed by atoms with Crippen LogP contribution in [0.25, 0.3) is 0 Å². The SMILES string of the molecule is COc1cc(C(=O)N[C@@H](C(=O)N2CCN(CC(=O)NC(C)(C)C)CC2)C(C)C)cc(OC)c1OC. The number of carbonyl (C=O) groups excluding carboxylic acids is 3. The summed E-state index contributed by atoms with van der Waals surface area (Å²) in [6.07, 6.45) is 0. The van der Waals surface area contributed by atoms with Crippen molar-refractivity contribution in [2.24, 2.45) is 5.92 Å². The molecule has 1 fully saturated rings. The number of hydrogen-bond donors (Lipinski definition) is 2. The molecule has 2 rings (SSSR count). The van der Waals surface area contributed by atoms with Gasteiger partial charge < -0.3 is 29.7 Å². The molecule has 0 saturated carbocycles. The topological polar surface area (TPSA) is 109 Å². The summed E-state index contributed by atoms with van der Waals surface area (Å²) in [5.74, 6) is 0.400. The van der Waals surface area contributed by atoms with Gasteiger partial charge >= 0.3 is 0 Å². The first kappa shape index (κ1) is 28.2. The summed E-state index contributed by atoms with van der Waals surface area (Å²) < 4.78 is 16.0. The standard InChI is InChI=1S/C25H40N4O6/c1-16(2)21(26-23(31)17-13-18(33-6)22(35-8)19(14-17)34-7)24(32)29-11-9-28(10-12-29)15-20(30)27-25(3,4)5/h13-14,16,21H,9-12,15H2,1-8H3,(H,26,31)(H,27,30)/t21-/m1/s1. The zero-order chi connectivity index (χ0) is 26.3. The number of hydrogen-bond acceptors (Lipinski definition) is 7. The predicted octanol–water partition coefficient (Wildman–Crippen LogP) is 1.53. The highest BCUT2D eigenvalue weighted by molar-refractivity contribution is 5.98. The molecule has 0 spiro atoms. The summed E-state index contributed by atoms with van der Waals surface area (Å²) in [6, 6.07) is 2.41. The van der Waals surface area contributed by atoms with E-state index in [1.54, 1.807) is 17.0 Å². The summed E-state index contributed by atoms with van der Waals surface area (Å²) >= 11 is 0. The molecule has 1 aliphatic heterocycles. The first-order valence-electron chi connectivity index (χ1n) is 11.8. The Bertz CT molecular complexity index is 879. The molecule has 10 nitrogen and oxygen atoms in total. The average Bonchev–Trinajstić information content (AvgIpc) is 2.79. The van der Waals surface area contributed by atoms with Crippen molar-refractivity contribution in [2.75, 3.05) is 54.1 Å². The Kier molecular flexibility index (Phi) is 9.76. The predicted molar refractivity (Wildman–Crippen MR) is 133 cm³/mol. The first-order valence-corrected chi connectivity index (χ1v) is 11.8. The van der Waals surface area contributed by atoms with Gasteiger partial charge in [0.2, 0.25) is 17.6 Å². The molecule has 2 N–H and O–H groups in total. The highest BCUT2D eigenvalue weighted by Crippen LogP contribution is 2.38. The van der Waals surface area contributed by atoms with Crippen LogP contribution in [-0.4, -0.2) is 93.2 Å². The summed E-state index contributed by atoms with van der Waals surface area (Å²) in [5.41, 5.74) is 0.0165. The fourth-order valence-electron chi connectivity index (χ4n) is 3.93. The minimum Gasteiger partial charge on any atom is -0.493 e. The molecule has 1 aromatic carbocycles. The summed E-state index contributed by atoms with van der Waals surface area (Å²) in [7, 11) is 4.45. The Balaban J connectivity index is 2.05. The van der Waals surface area contributed by atoms with Gasteiger partial charge in [0.05, 0.1) is 27.9 Å². The number of carbonyl (C=O) groups is 3. The van der Waals surface area contributed by atoms with E-state index in [9.17, 15) is 14.4 Å². The van der Waals surface area contributed by atoms with Gasteiger partial charge in [-0.1, -0.05) is 13.8 Å². The molecule has 35 heavy (non-hydrogen) atoms. The van der Waals surface area contributed by atoms with E-state index in [1.165, 1.54) is 21.3 Å². The number of rotatable bonds is 9. The van der Waals surface area contributed by atoms with Gasteiger partial charge in [0.15, 0.2) is 11.5 Å². The smallest absolute Gasteiger partial charge is 0.252 e. The molecule has 1 saturated heterocycles. The zero-order valence-corrected chi connectivity index (χ0v) is 22.2. The van der Waals surface area contributed by atoms with E-state index < -0.39 is 11.9 Å². The van der Waals surface area contributed by atoms with E-state index in [1.807, 2.05) is 39.5 Å². The summed E-state index contributed by atoms with van der Waals surface area (Å²) in [6.45, 7) is 12.1. The van der Waals surface area contributed by atoms with Crippen LogP contribution in [0.3, 0.4) is 0 Å². The lowest BCUT2D eigenvalue weighted by atomic mass is 10.0. The van der Waals surface area contributed by atoms with Crippen molar-refractivity contribution in [3.05, 3.63) is 17.7 Å². The Labute approximate surface area is 208 Å². The van der Waals surface area contributed by atoms with Crippen molar-refractivity contribution in [3.63, 3.8) is 0 Å². The number of benzene rings is 1. The molecule has 1 aromatic rings. The lowest BCUT2D eigenvalue weighted by Crippen LogP contribution is -2.57. The number of piperazine rings is 1. The molecular weight excluding hydrogens is 452 g/mol. The first-order chi connectivity index (χ1) is 16.4. The van der Waals surface area contributed by atoms with E-state index in [2.05, 4.69) is 10.6 Å². The second kappa shape index (κ2) is 12.1. The normalized spacial score (nSPS) is 15.4. The van der Waals surface area contributed by atoms with Gasteiger partial charge in [0.1, 0.15) is 6.04 Å². The second-order valence-corrected chi connectivity index (χ2v) is 10.0. The number of nitrogens with zero attached hydrogens (tertiary/aromatic N) is 2. The van der Waals surface area contributed by atoms with Crippen LogP contribution in [0.4, 0.5) is 0 Å². The average molecular weight is 493 g/mol. The highest BCUT2D eigenvalue weighted by atomic mass is 16.5. The minimum atomic E-state index is -0.697. The van der Waals surface area contributed by atoms with Crippen LogP contribution in [0.2, 0.25) is 0 Å². The molecule has 196 valence electrons. The molecule has 0 bridgehead atoms. The summed E-state index contributed by atoms with van der Waals surface area (Å²) in [4.78, 5) is 42.4. The van der Waals surface area contributed by atoms with E-state index in [4.69, 9.17) is 14.2 Å². The van der Waals surface area contributed by atoms with Gasteiger partial charge in [0.25, 0.3) is 5.91 Å². The van der Waals surface area contributed by atoms with E-state index in [-0.39, 0.29) is 23.3 Å². The Morgan fingerprint density at radius 1 is 0.943 bits per heavy atom. The Hall–Kier alpha value is -3.01. The lowest BCUT2D eigenvalue weighted by Gasteiger charge is -2.37. The third-order valence-electron chi connectivity index (χ3n) is 5.71. The zero-order valence-electron chi connectivity index (χ0n) is 22.2. The minimum absolute atomic E-state index is 0.0325. The third kappa shape index (κ3) is 7.74. The molecule has 1 aliphatic rings. The summed E-state index contributed by atoms with van der Waals surface area (Å²) in [5, 5.41) is 5.84. The Morgan fingerprint density at radius 2 is 1.49 bits per heavy atom. The largest absolute Gasteiger partial charge is 0.493 e. The van der Waals surface area contributed by atoms with Crippen molar-refractivity contribution in [2.45, 2.75) is 46.2 Å². The fraction of sp³-hybridized carbons (Fsp3) is 0.640. The molecular formula is C25H40N4O6. The molecule has 1 atom stereocenters. The van der Waals surface area contributed by atoms with E-state index in [0.29, 0.717) is 55.5 Å². The molecule has 1 heterocycles. The number of ether oxygens (including phenoxy) is 3. The van der Waals surface area contributed by atoms with Gasteiger partial charge in [-0.05, 0) is 38.8 Å². The van der Waals surface area contributed by atoms with Crippen molar-refractivity contribution < 1.29 is 28.6 Å².